The first-order chi connectivity index (χ1) is 5.34. The van der Waals surface area contributed by atoms with Crippen LogP contribution >= 0.6 is 0 Å². The molecule has 1 rings (SSSR count). The maximum atomic E-state index is 9.33. The quantitative estimate of drug-likeness (QED) is 0.614. The zero-order valence-electron chi connectivity index (χ0n) is 6.32. The van der Waals surface area contributed by atoms with Crippen molar-refractivity contribution in [2.75, 3.05) is 13.2 Å². The molecule has 3 heteroatoms. The lowest BCUT2D eigenvalue weighted by Crippen LogP contribution is -2.18. The molecule has 0 saturated heterocycles. The van der Waals surface area contributed by atoms with Crippen LogP contribution in [0.3, 0.4) is 0 Å². The van der Waals surface area contributed by atoms with Crippen molar-refractivity contribution >= 4 is 0 Å². The third kappa shape index (κ3) is 2.27. The summed E-state index contributed by atoms with van der Waals surface area (Å²) in [4.78, 5) is 0. The predicted octanol–water partition coefficient (Wildman–Crippen LogP) is 0.812. The normalized spacial score (nSPS) is 19.2. The molecule has 1 atom stereocenters. The average Bonchev–Trinajstić information content (AvgIpc) is 2.07. The van der Waals surface area contributed by atoms with Crippen LogP contribution in [0.15, 0.2) is 24.7 Å². The van der Waals surface area contributed by atoms with Crippen molar-refractivity contribution in [1.82, 2.24) is 0 Å². The summed E-state index contributed by atoms with van der Waals surface area (Å²) >= 11 is 0. The van der Waals surface area contributed by atoms with Gasteiger partial charge in [0.05, 0.1) is 0 Å². The van der Waals surface area contributed by atoms with Crippen LogP contribution in [0.4, 0.5) is 0 Å². The molecule has 0 amide bonds. The molecule has 62 valence electrons. The van der Waals surface area contributed by atoms with E-state index >= 15 is 0 Å². The van der Waals surface area contributed by atoms with Crippen LogP contribution in [-0.4, -0.2) is 24.4 Å². The van der Waals surface area contributed by atoms with E-state index in [1.807, 2.05) is 0 Å². The highest BCUT2D eigenvalue weighted by Crippen LogP contribution is 2.11. The maximum absolute atomic E-state index is 9.33. The fourth-order valence-electron chi connectivity index (χ4n) is 0.831. The molecule has 0 radical (unpaired) electrons. The van der Waals surface area contributed by atoms with Crippen LogP contribution in [0.2, 0.25) is 0 Å². The molecule has 0 bridgehead atoms. The van der Waals surface area contributed by atoms with Crippen LogP contribution < -0.4 is 0 Å². The summed E-state index contributed by atoms with van der Waals surface area (Å²) in [5, 5.41) is 9.33. The van der Waals surface area contributed by atoms with Crippen molar-refractivity contribution in [3.63, 3.8) is 0 Å². The molecule has 11 heavy (non-hydrogen) atoms. The second kappa shape index (κ2) is 4.03. The minimum absolute atomic E-state index is 0.495. The summed E-state index contributed by atoms with van der Waals surface area (Å²) in [7, 11) is 0. The number of aliphatic hydroxyl groups is 1. The molecule has 0 fully saturated rings. The lowest BCUT2D eigenvalue weighted by Gasteiger charge is -2.18. The van der Waals surface area contributed by atoms with Crippen LogP contribution in [0.1, 0.15) is 6.42 Å². The van der Waals surface area contributed by atoms with Crippen molar-refractivity contribution in [3.8, 4) is 0 Å². The van der Waals surface area contributed by atoms with E-state index in [2.05, 4.69) is 6.58 Å². The third-order valence-corrected chi connectivity index (χ3v) is 1.39. The Morgan fingerprint density at radius 1 is 1.73 bits per heavy atom. The zero-order valence-corrected chi connectivity index (χ0v) is 6.32. The van der Waals surface area contributed by atoms with E-state index in [9.17, 15) is 5.11 Å². The van der Waals surface area contributed by atoms with E-state index in [1.54, 1.807) is 6.08 Å². The maximum Gasteiger partial charge on any atom is 0.159 e. The Bertz CT molecular complexity index is 163. The predicted molar refractivity (Wildman–Crippen MR) is 40.8 cm³/mol. The largest absolute Gasteiger partial charge is 0.494 e. The van der Waals surface area contributed by atoms with Gasteiger partial charge in [0.1, 0.15) is 25.6 Å². The Hall–Kier alpha value is -0.960. The lowest BCUT2D eigenvalue weighted by molar-refractivity contribution is 0.0363. The standard InChI is InChI=1S/C8H12O3/c1-2-3-7(9)8-6-10-4-5-11-8/h2,6-7,9H,1,3-5H2. The van der Waals surface area contributed by atoms with Gasteiger partial charge < -0.3 is 14.6 Å². The van der Waals surface area contributed by atoms with Gasteiger partial charge in [0.25, 0.3) is 0 Å². The second-order valence-corrected chi connectivity index (χ2v) is 2.28. The first-order valence-corrected chi connectivity index (χ1v) is 3.58. The Balaban J connectivity index is 2.43. The van der Waals surface area contributed by atoms with Gasteiger partial charge in [-0.1, -0.05) is 6.08 Å². The van der Waals surface area contributed by atoms with Crippen molar-refractivity contribution in [1.29, 1.82) is 0 Å². The topological polar surface area (TPSA) is 38.7 Å². The Kier molecular flexibility index (Phi) is 2.98. The second-order valence-electron chi connectivity index (χ2n) is 2.28. The summed E-state index contributed by atoms with van der Waals surface area (Å²) in [5.74, 6) is 0.496. The number of hydrogen-bond acceptors (Lipinski definition) is 3. The van der Waals surface area contributed by atoms with Crippen molar-refractivity contribution in [2.45, 2.75) is 12.5 Å². The van der Waals surface area contributed by atoms with Crippen LogP contribution in [0, 0.1) is 0 Å². The van der Waals surface area contributed by atoms with Crippen LogP contribution in [-0.2, 0) is 9.47 Å². The van der Waals surface area contributed by atoms with E-state index in [4.69, 9.17) is 9.47 Å². The van der Waals surface area contributed by atoms with Crippen LogP contribution in [0.5, 0.6) is 0 Å². The number of rotatable bonds is 3. The SMILES string of the molecule is C=CCC(O)C1=COCCO1. The molecule has 0 aromatic rings. The van der Waals surface area contributed by atoms with Gasteiger partial charge in [0.15, 0.2) is 5.76 Å². The van der Waals surface area contributed by atoms with E-state index in [1.165, 1.54) is 6.26 Å². The molecule has 0 spiro atoms. The molecule has 0 aromatic carbocycles. The molecule has 0 aromatic heterocycles. The van der Waals surface area contributed by atoms with Crippen molar-refractivity contribution in [3.05, 3.63) is 24.7 Å². The highest BCUT2D eigenvalue weighted by atomic mass is 16.6. The summed E-state index contributed by atoms with van der Waals surface area (Å²) in [6, 6.07) is 0. The van der Waals surface area contributed by atoms with E-state index < -0.39 is 6.10 Å². The van der Waals surface area contributed by atoms with Gasteiger partial charge in [-0.15, -0.1) is 6.58 Å². The average molecular weight is 156 g/mol. The van der Waals surface area contributed by atoms with Gasteiger partial charge in [-0.05, 0) is 6.42 Å². The smallest absolute Gasteiger partial charge is 0.159 e. The summed E-state index contributed by atoms with van der Waals surface area (Å²) in [5.41, 5.74) is 0. The van der Waals surface area contributed by atoms with Gasteiger partial charge in [-0.3, -0.25) is 0 Å². The molecule has 3 nitrogen and oxygen atoms in total. The third-order valence-electron chi connectivity index (χ3n) is 1.39. The zero-order chi connectivity index (χ0) is 8.10. The lowest BCUT2D eigenvalue weighted by atomic mass is 10.2. The van der Waals surface area contributed by atoms with E-state index in [-0.39, 0.29) is 0 Å². The molecule has 0 aliphatic carbocycles. The fraction of sp³-hybridized carbons (Fsp3) is 0.500. The Labute approximate surface area is 65.9 Å². The fourth-order valence-corrected chi connectivity index (χ4v) is 0.831. The molecule has 0 saturated carbocycles. The highest BCUT2D eigenvalue weighted by Gasteiger charge is 2.13. The summed E-state index contributed by atoms with van der Waals surface area (Å²) in [6.07, 6.45) is 2.99. The molecule has 1 unspecified atom stereocenters. The molecular weight excluding hydrogens is 144 g/mol. The van der Waals surface area contributed by atoms with Gasteiger partial charge >= 0.3 is 0 Å². The first kappa shape index (κ1) is 8.14. The first-order valence-electron chi connectivity index (χ1n) is 3.58. The van der Waals surface area contributed by atoms with Gasteiger partial charge in [0, 0.05) is 0 Å². The number of hydrogen-bond donors (Lipinski definition) is 1. The molecule has 1 aliphatic heterocycles. The van der Waals surface area contributed by atoms with E-state index in [0.717, 1.165) is 0 Å². The highest BCUT2D eigenvalue weighted by molar-refractivity contribution is 4.99. The number of ether oxygens (including phenoxy) is 2. The molecular formula is C8H12O3. The molecule has 1 heterocycles. The Morgan fingerprint density at radius 3 is 3.09 bits per heavy atom. The van der Waals surface area contributed by atoms with Crippen molar-refractivity contribution in [2.24, 2.45) is 0 Å². The van der Waals surface area contributed by atoms with E-state index in [0.29, 0.717) is 25.4 Å². The monoisotopic (exact) mass is 156 g/mol. The van der Waals surface area contributed by atoms with Crippen molar-refractivity contribution < 1.29 is 14.6 Å². The summed E-state index contributed by atoms with van der Waals surface area (Å²) < 4.78 is 10.1. The van der Waals surface area contributed by atoms with Crippen LogP contribution in [0.25, 0.3) is 0 Å². The van der Waals surface area contributed by atoms with Gasteiger partial charge in [-0.25, -0.2) is 0 Å². The summed E-state index contributed by atoms with van der Waals surface area (Å²) in [6.45, 7) is 4.59. The molecule has 1 N–H and O–H groups in total. The van der Waals surface area contributed by atoms with Gasteiger partial charge in [0.2, 0.25) is 0 Å². The minimum atomic E-state index is -0.604. The van der Waals surface area contributed by atoms with Gasteiger partial charge in [-0.2, -0.15) is 0 Å². The number of aliphatic hydroxyl groups excluding tert-OH is 1. The minimum Gasteiger partial charge on any atom is -0.494 e. The molecule has 1 aliphatic rings. The Morgan fingerprint density at radius 2 is 2.55 bits per heavy atom.